The Morgan fingerprint density at radius 2 is 1.69 bits per heavy atom. The van der Waals surface area contributed by atoms with Crippen molar-refractivity contribution in [2.75, 3.05) is 36.0 Å². The summed E-state index contributed by atoms with van der Waals surface area (Å²) < 4.78 is 0. The maximum Gasteiger partial charge on any atom is 0.253 e. The Kier molecular flexibility index (Phi) is 5.75. The first-order chi connectivity index (χ1) is 14.2. The van der Waals surface area contributed by atoms with E-state index < -0.39 is 0 Å². The van der Waals surface area contributed by atoms with Gasteiger partial charge in [0.05, 0.1) is 5.56 Å². The highest BCUT2D eigenvalue weighted by atomic mass is 16.1. The van der Waals surface area contributed by atoms with Crippen molar-refractivity contribution in [3.05, 3.63) is 89.6 Å². The molecule has 4 rings (SSSR count). The molecule has 1 fully saturated rings. The molecule has 5 nitrogen and oxygen atoms in total. The molecule has 1 amide bonds. The number of rotatable bonds is 5. The fraction of sp³-hybridized carbons (Fsp3) is 0.250. The van der Waals surface area contributed by atoms with Crippen LogP contribution in [0.15, 0.2) is 72.9 Å². The monoisotopic (exact) mass is 386 g/mol. The summed E-state index contributed by atoms with van der Waals surface area (Å²) >= 11 is 0. The standard InChI is InChI=1S/C24H26N4O/c1-19-6-5-9-22(16-19)27-12-14-28(15-13-27)23-11-10-21(18-25-23)24(29)26-17-20-7-3-2-4-8-20/h2-11,16,18H,12-15,17H2,1H3,(H,26,29). The summed E-state index contributed by atoms with van der Waals surface area (Å²) in [6.45, 7) is 6.40. The van der Waals surface area contributed by atoms with Crippen LogP contribution in [-0.2, 0) is 6.54 Å². The number of aryl methyl sites for hydroxylation is 1. The molecule has 29 heavy (non-hydrogen) atoms. The van der Waals surface area contributed by atoms with Crippen LogP contribution in [0.3, 0.4) is 0 Å². The lowest BCUT2D eigenvalue weighted by Crippen LogP contribution is -2.46. The predicted octanol–water partition coefficient (Wildman–Crippen LogP) is 3.65. The number of carbonyl (C=O) groups is 1. The van der Waals surface area contributed by atoms with Crippen molar-refractivity contribution in [2.45, 2.75) is 13.5 Å². The van der Waals surface area contributed by atoms with E-state index in [0.717, 1.165) is 37.6 Å². The van der Waals surface area contributed by atoms with Gasteiger partial charge in [-0.25, -0.2) is 4.98 Å². The Labute approximate surface area is 172 Å². The van der Waals surface area contributed by atoms with Gasteiger partial charge in [-0.1, -0.05) is 42.5 Å². The van der Waals surface area contributed by atoms with E-state index in [1.807, 2.05) is 42.5 Å². The van der Waals surface area contributed by atoms with Gasteiger partial charge in [0.15, 0.2) is 0 Å². The molecule has 0 spiro atoms. The molecule has 3 aromatic rings. The van der Waals surface area contributed by atoms with Crippen molar-refractivity contribution >= 4 is 17.4 Å². The number of pyridine rings is 1. The van der Waals surface area contributed by atoms with Crippen LogP contribution in [0.5, 0.6) is 0 Å². The van der Waals surface area contributed by atoms with E-state index in [0.29, 0.717) is 12.1 Å². The van der Waals surface area contributed by atoms with E-state index >= 15 is 0 Å². The number of nitrogens with one attached hydrogen (secondary N) is 1. The molecule has 0 bridgehead atoms. The van der Waals surface area contributed by atoms with Gasteiger partial charge in [-0.15, -0.1) is 0 Å². The molecular weight excluding hydrogens is 360 g/mol. The molecule has 0 aliphatic carbocycles. The number of nitrogens with zero attached hydrogens (tertiary/aromatic N) is 3. The number of anilines is 2. The fourth-order valence-electron chi connectivity index (χ4n) is 3.61. The summed E-state index contributed by atoms with van der Waals surface area (Å²) in [6, 6.07) is 22.3. The highest BCUT2D eigenvalue weighted by Gasteiger charge is 2.18. The summed E-state index contributed by atoms with van der Waals surface area (Å²) in [5, 5.41) is 2.94. The molecule has 2 heterocycles. The first-order valence-corrected chi connectivity index (χ1v) is 10.0. The molecule has 0 atom stereocenters. The largest absolute Gasteiger partial charge is 0.368 e. The summed E-state index contributed by atoms with van der Waals surface area (Å²) in [4.78, 5) is 21.6. The summed E-state index contributed by atoms with van der Waals surface area (Å²) in [7, 11) is 0. The van der Waals surface area contributed by atoms with Crippen LogP contribution in [0.2, 0.25) is 0 Å². The van der Waals surface area contributed by atoms with Crippen LogP contribution in [0.1, 0.15) is 21.5 Å². The fourth-order valence-corrected chi connectivity index (χ4v) is 3.61. The highest BCUT2D eigenvalue weighted by Crippen LogP contribution is 2.20. The molecule has 1 N–H and O–H groups in total. The lowest BCUT2D eigenvalue weighted by Gasteiger charge is -2.36. The number of hydrogen-bond acceptors (Lipinski definition) is 4. The smallest absolute Gasteiger partial charge is 0.253 e. The van der Waals surface area contributed by atoms with Crippen LogP contribution in [0.4, 0.5) is 11.5 Å². The predicted molar refractivity (Wildman–Crippen MR) is 117 cm³/mol. The molecule has 1 saturated heterocycles. The van der Waals surface area contributed by atoms with Crippen molar-refractivity contribution in [3.8, 4) is 0 Å². The molecule has 1 aliphatic heterocycles. The second-order valence-corrected chi connectivity index (χ2v) is 7.39. The molecule has 2 aromatic carbocycles. The minimum Gasteiger partial charge on any atom is -0.368 e. The quantitative estimate of drug-likeness (QED) is 0.727. The van der Waals surface area contributed by atoms with E-state index in [2.05, 4.69) is 51.3 Å². The highest BCUT2D eigenvalue weighted by molar-refractivity contribution is 5.94. The number of amides is 1. The van der Waals surface area contributed by atoms with Crippen LogP contribution >= 0.6 is 0 Å². The lowest BCUT2D eigenvalue weighted by molar-refractivity contribution is 0.0950. The SMILES string of the molecule is Cc1cccc(N2CCN(c3ccc(C(=O)NCc4ccccc4)cn3)CC2)c1. The number of hydrogen-bond donors (Lipinski definition) is 1. The normalized spacial score (nSPS) is 14.0. The zero-order valence-electron chi connectivity index (χ0n) is 16.7. The van der Waals surface area contributed by atoms with E-state index in [1.54, 1.807) is 6.20 Å². The molecule has 0 radical (unpaired) electrons. The van der Waals surface area contributed by atoms with Crippen LogP contribution in [0.25, 0.3) is 0 Å². The minimum atomic E-state index is -0.0998. The second kappa shape index (κ2) is 8.78. The molecular formula is C24H26N4O. The Balaban J connectivity index is 1.32. The zero-order chi connectivity index (χ0) is 20.1. The first-order valence-electron chi connectivity index (χ1n) is 10.0. The van der Waals surface area contributed by atoms with Crippen molar-refractivity contribution in [1.29, 1.82) is 0 Å². The summed E-state index contributed by atoms with van der Waals surface area (Å²) in [5.74, 6) is 0.825. The maximum absolute atomic E-state index is 12.4. The average Bonchev–Trinajstić information content (AvgIpc) is 2.78. The molecule has 0 unspecified atom stereocenters. The Bertz CT molecular complexity index is 948. The third-order valence-electron chi connectivity index (χ3n) is 5.28. The molecule has 1 aromatic heterocycles. The summed E-state index contributed by atoms with van der Waals surface area (Å²) in [6.07, 6.45) is 1.67. The first kappa shape index (κ1) is 19.0. The van der Waals surface area contributed by atoms with Gasteiger partial charge >= 0.3 is 0 Å². The molecule has 148 valence electrons. The van der Waals surface area contributed by atoms with Gasteiger partial charge in [-0.05, 0) is 42.3 Å². The average molecular weight is 386 g/mol. The molecule has 0 saturated carbocycles. The van der Waals surface area contributed by atoms with Gasteiger partial charge in [0.2, 0.25) is 0 Å². The van der Waals surface area contributed by atoms with E-state index in [-0.39, 0.29) is 5.91 Å². The van der Waals surface area contributed by atoms with Crippen molar-refractivity contribution < 1.29 is 4.79 Å². The number of benzene rings is 2. The summed E-state index contributed by atoms with van der Waals surface area (Å²) in [5.41, 5.74) is 4.23. The maximum atomic E-state index is 12.4. The van der Waals surface area contributed by atoms with Gasteiger partial charge in [0.1, 0.15) is 5.82 Å². The van der Waals surface area contributed by atoms with Gasteiger partial charge in [-0.2, -0.15) is 0 Å². The topological polar surface area (TPSA) is 48.5 Å². The van der Waals surface area contributed by atoms with Gasteiger partial charge in [-0.3, -0.25) is 4.79 Å². The van der Waals surface area contributed by atoms with Gasteiger partial charge in [0.25, 0.3) is 5.91 Å². The minimum absolute atomic E-state index is 0.0998. The van der Waals surface area contributed by atoms with Gasteiger partial charge in [0, 0.05) is 44.6 Å². The van der Waals surface area contributed by atoms with Crippen molar-refractivity contribution in [2.24, 2.45) is 0 Å². The van der Waals surface area contributed by atoms with Crippen LogP contribution < -0.4 is 15.1 Å². The zero-order valence-corrected chi connectivity index (χ0v) is 16.7. The van der Waals surface area contributed by atoms with E-state index in [1.165, 1.54) is 11.3 Å². The molecule has 5 heteroatoms. The van der Waals surface area contributed by atoms with Gasteiger partial charge < -0.3 is 15.1 Å². The number of piperazine rings is 1. The van der Waals surface area contributed by atoms with E-state index in [9.17, 15) is 4.79 Å². The third-order valence-corrected chi connectivity index (χ3v) is 5.28. The van der Waals surface area contributed by atoms with Crippen molar-refractivity contribution in [3.63, 3.8) is 0 Å². The van der Waals surface area contributed by atoms with E-state index in [4.69, 9.17) is 0 Å². The lowest BCUT2D eigenvalue weighted by atomic mass is 10.2. The van der Waals surface area contributed by atoms with Crippen LogP contribution in [-0.4, -0.2) is 37.1 Å². The Morgan fingerprint density at radius 3 is 2.38 bits per heavy atom. The Hall–Kier alpha value is -3.34. The van der Waals surface area contributed by atoms with Crippen LogP contribution in [0, 0.1) is 6.92 Å². The Morgan fingerprint density at radius 1 is 0.931 bits per heavy atom. The number of carbonyl (C=O) groups excluding carboxylic acids is 1. The third kappa shape index (κ3) is 4.74. The molecule has 1 aliphatic rings. The second-order valence-electron chi connectivity index (χ2n) is 7.39. The van der Waals surface area contributed by atoms with Crippen molar-refractivity contribution in [1.82, 2.24) is 10.3 Å². The number of aromatic nitrogens is 1.